The number of tetrazole rings is 1. The van der Waals surface area contributed by atoms with Crippen LogP contribution in [-0.2, 0) is 17.8 Å². The Morgan fingerprint density at radius 2 is 2.07 bits per heavy atom. The molecule has 0 bridgehead atoms. The van der Waals surface area contributed by atoms with Crippen LogP contribution in [0.4, 0.5) is 4.39 Å². The van der Waals surface area contributed by atoms with Gasteiger partial charge in [0.15, 0.2) is 23.4 Å². The molecule has 4 rings (SSSR count). The number of carbonyl (C=O) groups excluding carboxylic acids is 1. The Labute approximate surface area is 173 Å². The summed E-state index contributed by atoms with van der Waals surface area (Å²) in [5.41, 5.74) is 1.35. The minimum absolute atomic E-state index is 0.0906. The molecule has 3 aromatic rings. The number of nitrogens with one attached hydrogen (secondary N) is 1. The van der Waals surface area contributed by atoms with Gasteiger partial charge < -0.3 is 14.8 Å². The van der Waals surface area contributed by atoms with Crippen molar-refractivity contribution in [3.8, 4) is 17.2 Å². The minimum Gasteiger partial charge on any atom is -0.483 e. The summed E-state index contributed by atoms with van der Waals surface area (Å²) in [6.45, 7) is 5.78. The topological polar surface area (TPSA) is 91.2 Å². The van der Waals surface area contributed by atoms with E-state index in [0.717, 1.165) is 12.0 Å². The number of fused-ring (bicyclic) bond motifs is 1. The molecule has 1 aromatic heterocycles. The fraction of sp³-hybridized carbons (Fsp3) is 0.333. The highest BCUT2D eigenvalue weighted by molar-refractivity contribution is 5.80. The van der Waals surface area contributed by atoms with Crippen molar-refractivity contribution in [3.63, 3.8) is 0 Å². The Morgan fingerprint density at radius 1 is 1.30 bits per heavy atom. The molecule has 1 unspecified atom stereocenters. The Kier molecular flexibility index (Phi) is 5.11. The largest absolute Gasteiger partial charge is 0.483 e. The molecule has 8 nitrogen and oxygen atoms in total. The van der Waals surface area contributed by atoms with Crippen LogP contribution in [0, 0.1) is 5.82 Å². The summed E-state index contributed by atoms with van der Waals surface area (Å²) in [7, 11) is 0. The number of nitrogens with zero attached hydrogens (tertiary/aromatic N) is 4. The van der Waals surface area contributed by atoms with Crippen molar-refractivity contribution < 1.29 is 18.7 Å². The van der Waals surface area contributed by atoms with Gasteiger partial charge in [-0.1, -0.05) is 12.1 Å². The first-order valence-corrected chi connectivity index (χ1v) is 9.61. The Bertz CT molecular complexity index is 1060. The number of halogens is 1. The summed E-state index contributed by atoms with van der Waals surface area (Å²) in [5, 5.41) is 14.2. The van der Waals surface area contributed by atoms with E-state index in [4.69, 9.17) is 9.47 Å². The van der Waals surface area contributed by atoms with Gasteiger partial charge >= 0.3 is 0 Å². The van der Waals surface area contributed by atoms with Crippen molar-refractivity contribution in [2.75, 3.05) is 0 Å². The van der Waals surface area contributed by atoms with E-state index in [-0.39, 0.29) is 23.9 Å². The smallest absolute Gasteiger partial charge is 0.261 e. The van der Waals surface area contributed by atoms with Crippen LogP contribution in [0.25, 0.3) is 5.69 Å². The molecule has 2 heterocycles. The fourth-order valence-electron chi connectivity index (χ4n) is 3.33. The summed E-state index contributed by atoms with van der Waals surface area (Å²) < 4.78 is 26.4. The van der Waals surface area contributed by atoms with Gasteiger partial charge in [0.2, 0.25) is 0 Å². The SMILES string of the molecule is CC(Oc1cccc2c1OC(C)(C)C2)C(=O)NCc1nnnn1-c1ccc(F)cc1. The second-order valence-corrected chi connectivity index (χ2v) is 7.74. The molecule has 9 heteroatoms. The summed E-state index contributed by atoms with van der Waals surface area (Å²) >= 11 is 0. The van der Waals surface area contributed by atoms with E-state index in [2.05, 4.69) is 20.8 Å². The van der Waals surface area contributed by atoms with Crippen LogP contribution in [0.2, 0.25) is 0 Å². The molecule has 156 valence electrons. The van der Waals surface area contributed by atoms with Crippen molar-refractivity contribution in [1.29, 1.82) is 0 Å². The zero-order chi connectivity index (χ0) is 21.3. The number of rotatable bonds is 6. The minimum atomic E-state index is -0.751. The second-order valence-electron chi connectivity index (χ2n) is 7.74. The standard InChI is InChI=1S/C21H22FN5O3/c1-13(29-17-6-4-5-14-11-21(2,3)30-19(14)17)20(28)23-12-18-24-25-26-27(18)16-9-7-15(22)8-10-16/h4-10,13H,11-12H2,1-3H3,(H,23,28). The molecule has 0 saturated carbocycles. The lowest BCUT2D eigenvalue weighted by Crippen LogP contribution is -2.36. The van der Waals surface area contributed by atoms with E-state index in [9.17, 15) is 9.18 Å². The van der Waals surface area contributed by atoms with Crippen LogP contribution in [0.15, 0.2) is 42.5 Å². The molecule has 1 N–H and O–H groups in total. The van der Waals surface area contributed by atoms with E-state index in [1.807, 2.05) is 26.0 Å². The van der Waals surface area contributed by atoms with Crippen LogP contribution in [-0.4, -0.2) is 37.8 Å². The maximum atomic E-state index is 13.1. The van der Waals surface area contributed by atoms with Gasteiger partial charge in [0, 0.05) is 12.0 Å². The van der Waals surface area contributed by atoms with E-state index in [1.54, 1.807) is 25.1 Å². The first-order chi connectivity index (χ1) is 14.3. The van der Waals surface area contributed by atoms with Gasteiger partial charge in [-0.15, -0.1) is 5.10 Å². The van der Waals surface area contributed by atoms with Gasteiger partial charge in [0.25, 0.3) is 5.91 Å². The van der Waals surface area contributed by atoms with Crippen molar-refractivity contribution in [3.05, 3.63) is 59.7 Å². The van der Waals surface area contributed by atoms with Crippen LogP contribution in [0.3, 0.4) is 0 Å². The van der Waals surface area contributed by atoms with Gasteiger partial charge in [-0.3, -0.25) is 4.79 Å². The number of hydrogen-bond acceptors (Lipinski definition) is 6. The lowest BCUT2D eigenvalue weighted by atomic mass is 10.0. The van der Waals surface area contributed by atoms with E-state index < -0.39 is 6.10 Å². The summed E-state index contributed by atoms with van der Waals surface area (Å²) in [6, 6.07) is 11.4. The number of para-hydroxylation sites is 1. The molecule has 30 heavy (non-hydrogen) atoms. The molecule has 0 aliphatic carbocycles. The Morgan fingerprint density at radius 3 is 2.83 bits per heavy atom. The number of ether oxygens (including phenoxy) is 2. The highest BCUT2D eigenvalue weighted by Gasteiger charge is 2.33. The zero-order valence-corrected chi connectivity index (χ0v) is 16.9. The number of amides is 1. The lowest BCUT2D eigenvalue weighted by molar-refractivity contribution is -0.127. The Hall–Kier alpha value is -3.49. The third kappa shape index (κ3) is 4.10. The molecule has 0 spiro atoms. The highest BCUT2D eigenvalue weighted by atomic mass is 19.1. The zero-order valence-electron chi connectivity index (χ0n) is 16.9. The van der Waals surface area contributed by atoms with Gasteiger partial charge in [-0.05, 0) is 61.5 Å². The average molecular weight is 411 g/mol. The maximum Gasteiger partial charge on any atom is 0.261 e. The quantitative estimate of drug-likeness (QED) is 0.671. The van der Waals surface area contributed by atoms with Crippen LogP contribution in [0.1, 0.15) is 32.2 Å². The maximum absolute atomic E-state index is 13.1. The molecule has 1 amide bonds. The summed E-state index contributed by atoms with van der Waals surface area (Å²) in [4.78, 5) is 12.6. The molecule has 1 atom stereocenters. The van der Waals surface area contributed by atoms with Gasteiger partial charge in [0.05, 0.1) is 12.2 Å². The number of benzene rings is 2. The predicted molar refractivity (Wildman–Crippen MR) is 106 cm³/mol. The predicted octanol–water partition coefficient (Wildman–Crippen LogP) is 2.60. The van der Waals surface area contributed by atoms with E-state index in [0.29, 0.717) is 23.0 Å². The molecule has 0 saturated heterocycles. The average Bonchev–Trinajstić information content (AvgIpc) is 3.29. The van der Waals surface area contributed by atoms with Gasteiger partial charge in [-0.2, -0.15) is 4.68 Å². The first kappa shape index (κ1) is 19.8. The first-order valence-electron chi connectivity index (χ1n) is 9.61. The molecular formula is C21H22FN5O3. The third-order valence-electron chi connectivity index (χ3n) is 4.75. The van der Waals surface area contributed by atoms with E-state index >= 15 is 0 Å². The Balaban J connectivity index is 1.40. The van der Waals surface area contributed by atoms with Crippen LogP contribution in [0.5, 0.6) is 11.5 Å². The number of hydrogen-bond donors (Lipinski definition) is 1. The van der Waals surface area contributed by atoms with Gasteiger partial charge in [-0.25, -0.2) is 4.39 Å². The van der Waals surface area contributed by atoms with Gasteiger partial charge in [0.1, 0.15) is 11.4 Å². The van der Waals surface area contributed by atoms with Crippen molar-refractivity contribution >= 4 is 5.91 Å². The van der Waals surface area contributed by atoms with Crippen molar-refractivity contribution in [2.45, 2.75) is 45.4 Å². The normalized spacial score (nSPS) is 15.2. The molecular weight excluding hydrogens is 389 g/mol. The summed E-state index contributed by atoms with van der Waals surface area (Å²) in [5.74, 6) is 0.957. The van der Waals surface area contributed by atoms with Crippen LogP contribution >= 0.6 is 0 Å². The highest BCUT2D eigenvalue weighted by Crippen LogP contribution is 2.42. The van der Waals surface area contributed by atoms with Crippen LogP contribution < -0.4 is 14.8 Å². The molecule has 1 aliphatic heterocycles. The monoisotopic (exact) mass is 411 g/mol. The molecule has 0 fully saturated rings. The fourth-order valence-corrected chi connectivity index (χ4v) is 3.33. The second kappa shape index (κ2) is 7.74. The number of aromatic nitrogens is 4. The molecule has 2 aromatic carbocycles. The van der Waals surface area contributed by atoms with E-state index in [1.165, 1.54) is 16.8 Å². The molecule has 1 aliphatic rings. The summed E-state index contributed by atoms with van der Waals surface area (Å²) in [6.07, 6.45) is 0.0329. The number of carbonyl (C=O) groups is 1. The third-order valence-corrected chi connectivity index (χ3v) is 4.75. The lowest BCUT2D eigenvalue weighted by Gasteiger charge is -2.20. The van der Waals surface area contributed by atoms with Crippen molar-refractivity contribution in [1.82, 2.24) is 25.5 Å². The molecule has 0 radical (unpaired) electrons. The van der Waals surface area contributed by atoms with Crippen molar-refractivity contribution in [2.24, 2.45) is 0 Å².